The molecule has 0 aliphatic carbocycles. The number of hydrazine groups is 1. The highest BCUT2D eigenvalue weighted by Gasteiger charge is 2.34. The topological polar surface area (TPSA) is 66.0 Å². The standard InChI is InChI=1S/C19H17FN4OS/c20-14-8-4-7-13(9-14)16-11-26-19(22-16)23-18(25)15-10-21-24-17(15)12-5-2-1-3-6-12/h1-9,11,15,17,21,24H,10H2,(H,22,23,25). The molecule has 5 nitrogen and oxygen atoms in total. The van der Waals surface area contributed by atoms with E-state index in [1.165, 1.54) is 23.5 Å². The van der Waals surface area contributed by atoms with E-state index in [-0.39, 0.29) is 23.7 Å². The Balaban J connectivity index is 1.48. The van der Waals surface area contributed by atoms with E-state index in [2.05, 4.69) is 21.2 Å². The Morgan fingerprint density at radius 3 is 2.85 bits per heavy atom. The summed E-state index contributed by atoms with van der Waals surface area (Å²) in [4.78, 5) is 17.1. The molecule has 1 aliphatic rings. The number of aromatic nitrogens is 1. The summed E-state index contributed by atoms with van der Waals surface area (Å²) in [6.45, 7) is 0.535. The smallest absolute Gasteiger partial charge is 0.232 e. The second kappa shape index (κ2) is 7.33. The summed E-state index contributed by atoms with van der Waals surface area (Å²) < 4.78 is 13.4. The van der Waals surface area contributed by atoms with Crippen molar-refractivity contribution in [2.45, 2.75) is 6.04 Å². The second-order valence-electron chi connectivity index (χ2n) is 6.06. The zero-order valence-electron chi connectivity index (χ0n) is 13.8. The van der Waals surface area contributed by atoms with E-state index < -0.39 is 0 Å². The molecule has 0 radical (unpaired) electrons. The average Bonchev–Trinajstić information content (AvgIpc) is 3.32. The van der Waals surface area contributed by atoms with Gasteiger partial charge in [0.25, 0.3) is 0 Å². The molecule has 26 heavy (non-hydrogen) atoms. The predicted octanol–water partition coefficient (Wildman–Crippen LogP) is 3.35. The fourth-order valence-electron chi connectivity index (χ4n) is 3.03. The van der Waals surface area contributed by atoms with Crippen LogP contribution in [0.3, 0.4) is 0 Å². The molecule has 2 atom stereocenters. The van der Waals surface area contributed by atoms with E-state index in [0.29, 0.717) is 22.9 Å². The molecule has 4 rings (SSSR count). The third-order valence-corrected chi connectivity index (χ3v) is 5.09. The SMILES string of the molecule is O=C(Nc1nc(-c2cccc(F)c2)cs1)C1CNNC1c1ccccc1. The maximum absolute atomic E-state index is 13.4. The molecule has 0 bridgehead atoms. The Bertz CT molecular complexity index is 915. The van der Waals surface area contributed by atoms with Crippen LogP contribution in [0.1, 0.15) is 11.6 Å². The number of nitrogens with zero attached hydrogens (tertiary/aromatic N) is 1. The monoisotopic (exact) mass is 368 g/mol. The van der Waals surface area contributed by atoms with Crippen molar-refractivity contribution in [1.29, 1.82) is 0 Å². The van der Waals surface area contributed by atoms with E-state index in [4.69, 9.17) is 0 Å². The van der Waals surface area contributed by atoms with Crippen LogP contribution in [-0.4, -0.2) is 17.4 Å². The molecule has 1 saturated heterocycles. The molecule has 0 saturated carbocycles. The van der Waals surface area contributed by atoms with Crippen molar-refractivity contribution in [3.8, 4) is 11.3 Å². The minimum atomic E-state index is -0.310. The fourth-order valence-corrected chi connectivity index (χ4v) is 3.75. The molecular formula is C19H17FN4OS. The van der Waals surface area contributed by atoms with Gasteiger partial charge in [0.15, 0.2) is 5.13 Å². The zero-order valence-corrected chi connectivity index (χ0v) is 14.6. The van der Waals surface area contributed by atoms with E-state index in [0.717, 1.165) is 5.56 Å². The number of anilines is 1. The molecule has 7 heteroatoms. The first kappa shape index (κ1) is 16.8. The Labute approximate surface area is 154 Å². The van der Waals surface area contributed by atoms with Gasteiger partial charge < -0.3 is 5.32 Å². The minimum Gasteiger partial charge on any atom is -0.302 e. The summed E-state index contributed by atoms with van der Waals surface area (Å²) in [6, 6.07) is 16.0. The van der Waals surface area contributed by atoms with Gasteiger partial charge in [-0.1, -0.05) is 42.5 Å². The first-order valence-electron chi connectivity index (χ1n) is 8.26. The van der Waals surface area contributed by atoms with Crippen LogP contribution in [0.2, 0.25) is 0 Å². The Hall–Kier alpha value is -2.61. The van der Waals surface area contributed by atoms with Gasteiger partial charge in [-0.05, 0) is 17.7 Å². The highest BCUT2D eigenvalue weighted by atomic mass is 32.1. The molecule has 1 aliphatic heterocycles. The summed E-state index contributed by atoms with van der Waals surface area (Å²) in [5.74, 6) is -0.662. The van der Waals surface area contributed by atoms with Crippen LogP contribution in [-0.2, 0) is 4.79 Å². The van der Waals surface area contributed by atoms with Gasteiger partial charge in [-0.15, -0.1) is 11.3 Å². The number of carbonyl (C=O) groups is 1. The molecule has 2 aromatic carbocycles. The number of nitrogens with one attached hydrogen (secondary N) is 3. The summed E-state index contributed by atoms with van der Waals surface area (Å²) in [6.07, 6.45) is 0. The van der Waals surface area contributed by atoms with Crippen LogP contribution >= 0.6 is 11.3 Å². The summed E-state index contributed by atoms with van der Waals surface area (Å²) in [7, 11) is 0. The molecule has 2 unspecified atom stereocenters. The minimum absolute atomic E-state index is 0.0983. The maximum atomic E-state index is 13.4. The normalized spacial score (nSPS) is 19.4. The molecular weight excluding hydrogens is 351 g/mol. The number of halogens is 1. The summed E-state index contributed by atoms with van der Waals surface area (Å²) in [5, 5.41) is 5.20. The quantitative estimate of drug-likeness (QED) is 0.661. The Morgan fingerprint density at radius 1 is 1.19 bits per heavy atom. The van der Waals surface area contributed by atoms with Crippen molar-refractivity contribution in [2.75, 3.05) is 11.9 Å². The maximum Gasteiger partial charge on any atom is 0.232 e. The van der Waals surface area contributed by atoms with Gasteiger partial charge in [-0.2, -0.15) is 0 Å². The van der Waals surface area contributed by atoms with Crippen molar-refractivity contribution in [3.05, 3.63) is 71.4 Å². The molecule has 1 aromatic heterocycles. The number of amides is 1. The second-order valence-corrected chi connectivity index (χ2v) is 6.92. The molecule has 1 fully saturated rings. The molecule has 0 spiro atoms. The lowest BCUT2D eigenvalue weighted by Crippen LogP contribution is -2.29. The van der Waals surface area contributed by atoms with Crippen molar-refractivity contribution in [3.63, 3.8) is 0 Å². The van der Waals surface area contributed by atoms with Gasteiger partial charge >= 0.3 is 0 Å². The third kappa shape index (κ3) is 3.50. The van der Waals surface area contributed by atoms with Crippen molar-refractivity contribution < 1.29 is 9.18 Å². The summed E-state index contributed by atoms with van der Waals surface area (Å²) >= 11 is 1.33. The van der Waals surface area contributed by atoms with Gasteiger partial charge in [0, 0.05) is 17.5 Å². The molecule has 3 aromatic rings. The highest BCUT2D eigenvalue weighted by Crippen LogP contribution is 2.28. The number of hydrogen-bond donors (Lipinski definition) is 3. The van der Waals surface area contributed by atoms with Gasteiger partial charge in [0.1, 0.15) is 5.82 Å². The van der Waals surface area contributed by atoms with Crippen LogP contribution in [0.15, 0.2) is 60.0 Å². The van der Waals surface area contributed by atoms with Crippen molar-refractivity contribution >= 4 is 22.4 Å². The number of carbonyl (C=O) groups excluding carboxylic acids is 1. The molecule has 2 heterocycles. The van der Waals surface area contributed by atoms with Crippen LogP contribution < -0.4 is 16.2 Å². The zero-order chi connectivity index (χ0) is 17.9. The van der Waals surface area contributed by atoms with E-state index >= 15 is 0 Å². The van der Waals surface area contributed by atoms with E-state index in [1.807, 2.05) is 35.7 Å². The molecule has 3 N–H and O–H groups in total. The third-order valence-electron chi connectivity index (χ3n) is 4.33. The van der Waals surface area contributed by atoms with E-state index in [9.17, 15) is 9.18 Å². The van der Waals surface area contributed by atoms with Crippen LogP contribution in [0.5, 0.6) is 0 Å². The number of hydrogen-bond acceptors (Lipinski definition) is 5. The largest absolute Gasteiger partial charge is 0.302 e. The number of benzene rings is 2. The van der Waals surface area contributed by atoms with E-state index in [1.54, 1.807) is 12.1 Å². The molecule has 132 valence electrons. The summed E-state index contributed by atoms with van der Waals surface area (Å²) in [5.41, 5.74) is 8.60. The van der Waals surface area contributed by atoms with Gasteiger partial charge in [0.2, 0.25) is 5.91 Å². The first-order chi connectivity index (χ1) is 12.7. The lowest BCUT2D eigenvalue weighted by atomic mass is 9.94. The van der Waals surface area contributed by atoms with Crippen LogP contribution in [0.25, 0.3) is 11.3 Å². The predicted molar refractivity (Wildman–Crippen MR) is 99.9 cm³/mol. The van der Waals surface area contributed by atoms with Crippen LogP contribution in [0, 0.1) is 11.7 Å². The first-order valence-corrected chi connectivity index (χ1v) is 9.14. The molecule has 1 amide bonds. The average molecular weight is 368 g/mol. The van der Waals surface area contributed by atoms with Gasteiger partial charge in [0.05, 0.1) is 17.7 Å². The van der Waals surface area contributed by atoms with Crippen LogP contribution in [0.4, 0.5) is 9.52 Å². The fraction of sp³-hybridized carbons (Fsp3) is 0.158. The van der Waals surface area contributed by atoms with Crippen molar-refractivity contribution in [2.24, 2.45) is 5.92 Å². The van der Waals surface area contributed by atoms with Gasteiger partial charge in [-0.25, -0.2) is 14.8 Å². The highest BCUT2D eigenvalue weighted by molar-refractivity contribution is 7.14. The Kier molecular flexibility index (Phi) is 4.75. The Morgan fingerprint density at radius 2 is 2.04 bits per heavy atom. The lowest BCUT2D eigenvalue weighted by molar-refractivity contribution is -0.119. The number of thiazole rings is 1. The lowest BCUT2D eigenvalue weighted by Gasteiger charge is -2.17. The van der Waals surface area contributed by atoms with Gasteiger partial charge in [-0.3, -0.25) is 10.2 Å². The van der Waals surface area contributed by atoms with Crippen molar-refractivity contribution in [1.82, 2.24) is 15.8 Å². The number of rotatable bonds is 4.